The van der Waals surface area contributed by atoms with E-state index in [4.69, 9.17) is 31.2 Å². The predicted octanol–water partition coefficient (Wildman–Crippen LogP) is 3.37. The number of aryl methyl sites for hydroxylation is 1. The Morgan fingerprint density at radius 1 is 1.04 bits per heavy atom. The van der Waals surface area contributed by atoms with Crippen molar-refractivity contribution in [1.29, 1.82) is 0 Å². The molecule has 2 aromatic carbocycles. The van der Waals surface area contributed by atoms with Crippen LogP contribution in [0.2, 0.25) is 0 Å². The maximum absolute atomic E-state index is 5.50. The van der Waals surface area contributed by atoms with Crippen molar-refractivity contribution in [3.63, 3.8) is 0 Å². The third kappa shape index (κ3) is 4.98. The van der Waals surface area contributed by atoms with Crippen LogP contribution in [-0.4, -0.2) is 44.6 Å². The van der Waals surface area contributed by atoms with Crippen molar-refractivity contribution in [3.05, 3.63) is 47.5 Å². The summed E-state index contributed by atoms with van der Waals surface area (Å²) in [5.41, 5.74) is 2.32. The van der Waals surface area contributed by atoms with Crippen LogP contribution in [-0.2, 0) is 13.0 Å². The number of thiocarbonyl (C=S) groups is 1. The number of methoxy groups -OCH3 is 2. The standard InChI is InChI=1S/C21H26N2O4S/c1-23(10-4-5-15-6-8-17(24-2)19(11-15)25-3)21(28)22-13-16-7-9-18-20(12-16)27-14-26-18/h6-9,11-12H,4-5,10,13-14H2,1-3H3,(H,22,28). The summed E-state index contributed by atoms with van der Waals surface area (Å²) in [6, 6.07) is 12.0. The van der Waals surface area contributed by atoms with E-state index in [1.54, 1.807) is 14.2 Å². The maximum atomic E-state index is 5.50. The Hall–Kier alpha value is -2.67. The van der Waals surface area contributed by atoms with Gasteiger partial charge in [-0.15, -0.1) is 0 Å². The molecular formula is C21H26N2O4S. The summed E-state index contributed by atoms with van der Waals surface area (Å²) < 4.78 is 21.4. The molecule has 0 saturated heterocycles. The smallest absolute Gasteiger partial charge is 0.231 e. The Bertz CT molecular complexity index is 828. The van der Waals surface area contributed by atoms with Crippen LogP contribution in [0, 0.1) is 0 Å². The predicted molar refractivity (Wildman–Crippen MR) is 112 cm³/mol. The number of ether oxygens (including phenoxy) is 4. The van der Waals surface area contributed by atoms with Gasteiger partial charge in [0.25, 0.3) is 0 Å². The number of nitrogens with zero attached hydrogens (tertiary/aromatic N) is 1. The molecule has 28 heavy (non-hydrogen) atoms. The van der Waals surface area contributed by atoms with Crippen molar-refractivity contribution in [2.45, 2.75) is 19.4 Å². The monoisotopic (exact) mass is 402 g/mol. The zero-order chi connectivity index (χ0) is 19.9. The van der Waals surface area contributed by atoms with Crippen molar-refractivity contribution in [1.82, 2.24) is 10.2 Å². The molecule has 150 valence electrons. The fraction of sp³-hybridized carbons (Fsp3) is 0.381. The average Bonchev–Trinajstić information content (AvgIpc) is 3.19. The Kier molecular flexibility index (Phi) is 6.81. The van der Waals surface area contributed by atoms with Crippen LogP contribution in [0.4, 0.5) is 0 Å². The molecule has 0 saturated carbocycles. The van der Waals surface area contributed by atoms with Crippen molar-refractivity contribution in [2.75, 3.05) is 34.6 Å². The molecule has 1 heterocycles. The number of hydrogen-bond donors (Lipinski definition) is 1. The molecule has 0 fully saturated rings. The molecule has 0 spiro atoms. The third-order valence-corrected chi connectivity index (χ3v) is 5.09. The van der Waals surface area contributed by atoms with E-state index < -0.39 is 0 Å². The number of benzene rings is 2. The van der Waals surface area contributed by atoms with Gasteiger partial charge < -0.3 is 29.2 Å². The Balaban J connectivity index is 1.43. The first-order valence-electron chi connectivity index (χ1n) is 9.19. The first-order valence-corrected chi connectivity index (χ1v) is 9.60. The minimum atomic E-state index is 0.285. The van der Waals surface area contributed by atoms with Crippen molar-refractivity contribution in [2.24, 2.45) is 0 Å². The minimum absolute atomic E-state index is 0.285. The van der Waals surface area contributed by atoms with E-state index in [-0.39, 0.29) is 6.79 Å². The zero-order valence-corrected chi connectivity index (χ0v) is 17.3. The highest BCUT2D eigenvalue weighted by Gasteiger charge is 2.13. The SMILES string of the molecule is COc1ccc(CCCN(C)C(=S)NCc2ccc3c(c2)OCO3)cc1OC. The molecule has 0 amide bonds. The molecule has 1 N–H and O–H groups in total. The van der Waals surface area contributed by atoms with Crippen molar-refractivity contribution in [3.8, 4) is 23.0 Å². The second-order valence-corrected chi connectivity index (χ2v) is 6.95. The van der Waals surface area contributed by atoms with E-state index in [0.29, 0.717) is 6.54 Å². The highest BCUT2D eigenvalue weighted by atomic mass is 32.1. The van der Waals surface area contributed by atoms with Gasteiger partial charge in [0, 0.05) is 20.1 Å². The molecule has 0 radical (unpaired) electrons. The van der Waals surface area contributed by atoms with E-state index in [9.17, 15) is 0 Å². The summed E-state index contributed by atoms with van der Waals surface area (Å²) in [6.07, 6.45) is 1.92. The number of nitrogens with one attached hydrogen (secondary N) is 1. The fourth-order valence-corrected chi connectivity index (χ4v) is 3.19. The lowest BCUT2D eigenvalue weighted by Crippen LogP contribution is -2.37. The van der Waals surface area contributed by atoms with Crippen molar-refractivity contribution >= 4 is 17.3 Å². The van der Waals surface area contributed by atoms with Crippen LogP contribution < -0.4 is 24.3 Å². The zero-order valence-electron chi connectivity index (χ0n) is 16.5. The molecule has 3 rings (SSSR count). The van der Waals surface area contributed by atoms with Crippen LogP contribution in [0.25, 0.3) is 0 Å². The van der Waals surface area contributed by atoms with Gasteiger partial charge in [-0.1, -0.05) is 12.1 Å². The van der Waals surface area contributed by atoms with Gasteiger partial charge >= 0.3 is 0 Å². The lowest BCUT2D eigenvalue weighted by Gasteiger charge is -2.21. The molecule has 0 bridgehead atoms. The van der Waals surface area contributed by atoms with Gasteiger partial charge in [0.2, 0.25) is 6.79 Å². The van der Waals surface area contributed by atoms with Gasteiger partial charge in [0.15, 0.2) is 28.1 Å². The summed E-state index contributed by atoms with van der Waals surface area (Å²) in [4.78, 5) is 2.06. The molecule has 2 aromatic rings. The molecule has 0 aliphatic carbocycles. The average molecular weight is 403 g/mol. The van der Waals surface area contributed by atoms with Gasteiger partial charge in [-0.2, -0.15) is 0 Å². The van der Waals surface area contributed by atoms with Crippen LogP contribution in [0.15, 0.2) is 36.4 Å². The summed E-state index contributed by atoms with van der Waals surface area (Å²) in [7, 11) is 5.30. The largest absolute Gasteiger partial charge is 0.493 e. The second kappa shape index (κ2) is 9.50. The highest BCUT2D eigenvalue weighted by Crippen LogP contribution is 2.32. The Morgan fingerprint density at radius 3 is 2.57 bits per heavy atom. The van der Waals surface area contributed by atoms with E-state index in [1.807, 2.05) is 37.4 Å². The Morgan fingerprint density at radius 2 is 1.79 bits per heavy atom. The molecule has 0 unspecified atom stereocenters. The van der Waals surface area contributed by atoms with Crippen LogP contribution in [0.1, 0.15) is 17.5 Å². The molecule has 6 nitrogen and oxygen atoms in total. The third-order valence-electron chi connectivity index (χ3n) is 4.63. The van der Waals surface area contributed by atoms with E-state index >= 15 is 0 Å². The normalized spacial score (nSPS) is 11.8. The van der Waals surface area contributed by atoms with Crippen LogP contribution in [0.3, 0.4) is 0 Å². The minimum Gasteiger partial charge on any atom is -0.493 e. The fourth-order valence-electron chi connectivity index (χ4n) is 3.02. The summed E-state index contributed by atoms with van der Waals surface area (Å²) in [5.74, 6) is 3.08. The Labute approximate surface area is 171 Å². The molecule has 0 atom stereocenters. The van der Waals surface area contributed by atoms with E-state index in [1.165, 1.54) is 5.56 Å². The number of rotatable bonds is 8. The second-order valence-electron chi connectivity index (χ2n) is 6.56. The number of hydrogen-bond acceptors (Lipinski definition) is 5. The molecule has 1 aliphatic heterocycles. The molecule has 7 heteroatoms. The first kappa shape index (κ1) is 20.1. The van der Waals surface area contributed by atoms with E-state index in [0.717, 1.165) is 53.1 Å². The maximum Gasteiger partial charge on any atom is 0.231 e. The summed E-state index contributed by atoms with van der Waals surface area (Å²) in [5, 5.41) is 4.02. The number of fused-ring (bicyclic) bond motifs is 1. The van der Waals surface area contributed by atoms with Gasteiger partial charge in [-0.3, -0.25) is 0 Å². The lowest BCUT2D eigenvalue weighted by atomic mass is 10.1. The first-order chi connectivity index (χ1) is 13.6. The van der Waals surface area contributed by atoms with Crippen molar-refractivity contribution < 1.29 is 18.9 Å². The van der Waals surface area contributed by atoms with E-state index in [2.05, 4.69) is 16.3 Å². The highest BCUT2D eigenvalue weighted by molar-refractivity contribution is 7.80. The van der Waals surface area contributed by atoms with Gasteiger partial charge in [0.1, 0.15) is 0 Å². The summed E-state index contributed by atoms with van der Waals surface area (Å²) >= 11 is 5.50. The van der Waals surface area contributed by atoms with Gasteiger partial charge in [-0.05, 0) is 60.5 Å². The molecular weight excluding hydrogens is 376 g/mol. The quantitative estimate of drug-likeness (QED) is 0.680. The van der Waals surface area contributed by atoms with Gasteiger partial charge in [-0.25, -0.2) is 0 Å². The van der Waals surface area contributed by atoms with Crippen LogP contribution >= 0.6 is 12.2 Å². The molecule has 1 aliphatic rings. The lowest BCUT2D eigenvalue weighted by molar-refractivity contribution is 0.174. The summed E-state index contributed by atoms with van der Waals surface area (Å²) in [6.45, 7) is 1.80. The van der Waals surface area contributed by atoms with Gasteiger partial charge in [0.05, 0.1) is 14.2 Å². The molecule has 0 aromatic heterocycles. The van der Waals surface area contributed by atoms with Crippen LogP contribution in [0.5, 0.6) is 23.0 Å². The topological polar surface area (TPSA) is 52.2 Å².